The van der Waals surface area contributed by atoms with Crippen LogP contribution in [0.4, 0.5) is 0 Å². The summed E-state index contributed by atoms with van der Waals surface area (Å²) in [5.41, 5.74) is 0. The molecule has 0 heteroatoms. The molecule has 0 aliphatic rings. The molecular formula is C26H53. The van der Waals surface area contributed by atoms with Gasteiger partial charge in [0.2, 0.25) is 0 Å². The smallest absolute Gasteiger partial charge is 0.0386 e. The van der Waals surface area contributed by atoms with Gasteiger partial charge in [-0.15, -0.1) is 0 Å². The second kappa shape index (κ2) is 25.0. The Morgan fingerprint density at radius 2 is 0.538 bits per heavy atom. The lowest BCUT2D eigenvalue weighted by Gasteiger charge is -2.04. The number of unbranched alkanes of at least 4 members (excludes halogenated alkanes) is 23. The highest BCUT2D eigenvalue weighted by molar-refractivity contribution is 4.64. The summed E-state index contributed by atoms with van der Waals surface area (Å²) in [6.45, 7) is 4.60. The second-order valence-corrected chi connectivity index (χ2v) is 8.58. The van der Waals surface area contributed by atoms with E-state index in [1.165, 1.54) is 148 Å². The topological polar surface area (TPSA) is 0 Å². The van der Waals surface area contributed by atoms with Crippen LogP contribution in [0.2, 0.25) is 0 Å². The Labute approximate surface area is 168 Å². The highest BCUT2D eigenvalue weighted by Gasteiger charge is 1.95. The van der Waals surface area contributed by atoms with Crippen LogP contribution in [0.3, 0.4) is 0 Å². The summed E-state index contributed by atoms with van der Waals surface area (Å²) < 4.78 is 0. The van der Waals surface area contributed by atoms with Crippen LogP contribution in [0.1, 0.15) is 162 Å². The van der Waals surface area contributed by atoms with Crippen molar-refractivity contribution in [2.75, 3.05) is 0 Å². The lowest BCUT2D eigenvalue weighted by Crippen LogP contribution is -1.85. The molecule has 26 heavy (non-hydrogen) atoms. The van der Waals surface area contributed by atoms with Gasteiger partial charge >= 0.3 is 0 Å². The van der Waals surface area contributed by atoms with E-state index in [2.05, 4.69) is 20.3 Å². The highest BCUT2D eigenvalue weighted by Crippen LogP contribution is 2.15. The maximum Gasteiger partial charge on any atom is -0.0386 e. The monoisotopic (exact) mass is 365 g/mol. The summed E-state index contributed by atoms with van der Waals surface area (Å²) in [5, 5.41) is 0. The van der Waals surface area contributed by atoms with Crippen molar-refractivity contribution in [2.45, 2.75) is 162 Å². The Bertz CT molecular complexity index is 196. The molecular weight excluding hydrogens is 312 g/mol. The van der Waals surface area contributed by atoms with Crippen LogP contribution in [0.5, 0.6) is 0 Å². The van der Waals surface area contributed by atoms with E-state index >= 15 is 0 Å². The Balaban J connectivity index is 2.95. The van der Waals surface area contributed by atoms with E-state index in [1.54, 1.807) is 0 Å². The van der Waals surface area contributed by atoms with E-state index in [-0.39, 0.29) is 0 Å². The zero-order valence-electron chi connectivity index (χ0n) is 18.8. The minimum absolute atomic E-state index is 1.37. The third-order valence-corrected chi connectivity index (χ3v) is 5.77. The molecule has 0 heterocycles. The standard InChI is InChI=1S/C26H53/c1-3-5-7-9-11-13-15-17-19-21-23-25-26-24-22-20-18-16-14-12-10-8-6-4-2/h17H,3-16,18-26H2,1-2H3. The molecule has 0 saturated heterocycles. The van der Waals surface area contributed by atoms with Crippen molar-refractivity contribution in [2.24, 2.45) is 0 Å². The molecule has 0 rings (SSSR count). The molecule has 0 unspecified atom stereocenters. The van der Waals surface area contributed by atoms with Crippen LogP contribution in [0.15, 0.2) is 0 Å². The molecule has 0 aliphatic carbocycles. The second-order valence-electron chi connectivity index (χ2n) is 8.58. The molecule has 0 saturated carbocycles. The van der Waals surface area contributed by atoms with Crippen LogP contribution in [-0.4, -0.2) is 0 Å². The predicted molar refractivity (Wildman–Crippen MR) is 122 cm³/mol. The molecule has 0 aromatic carbocycles. The van der Waals surface area contributed by atoms with Gasteiger partial charge in [-0.25, -0.2) is 0 Å². The molecule has 0 N–H and O–H groups in total. The summed E-state index contributed by atoms with van der Waals surface area (Å²) >= 11 is 0. The molecule has 0 aliphatic heterocycles. The van der Waals surface area contributed by atoms with Crippen LogP contribution >= 0.6 is 0 Å². The molecule has 0 spiro atoms. The lowest BCUT2D eigenvalue weighted by molar-refractivity contribution is 0.530. The van der Waals surface area contributed by atoms with E-state index in [0.29, 0.717) is 0 Å². The van der Waals surface area contributed by atoms with E-state index in [4.69, 9.17) is 0 Å². The van der Waals surface area contributed by atoms with Crippen LogP contribution < -0.4 is 0 Å². The molecule has 0 nitrogen and oxygen atoms in total. The summed E-state index contributed by atoms with van der Waals surface area (Å²) in [6.07, 6.45) is 35.9. The summed E-state index contributed by atoms with van der Waals surface area (Å²) in [6, 6.07) is 0. The van der Waals surface area contributed by atoms with Gasteiger partial charge in [0.15, 0.2) is 0 Å². The van der Waals surface area contributed by atoms with Crippen LogP contribution in [0.25, 0.3) is 0 Å². The van der Waals surface area contributed by atoms with Crippen molar-refractivity contribution in [3.8, 4) is 0 Å². The summed E-state index contributed by atoms with van der Waals surface area (Å²) in [5.74, 6) is 0. The first-order valence-electron chi connectivity index (χ1n) is 12.7. The highest BCUT2D eigenvalue weighted by atomic mass is 14.0. The molecule has 0 amide bonds. The Kier molecular flexibility index (Phi) is 25.0. The van der Waals surface area contributed by atoms with E-state index in [0.717, 1.165) is 0 Å². The van der Waals surface area contributed by atoms with E-state index in [9.17, 15) is 0 Å². The van der Waals surface area contributed by atoms with E-state index in [1.807, 2.05) is 0 Å². The SMILES string of the molecule is CCCCCCCC[CH]CCCCCCCCCCCCCCCCC. The molecule has 0 atom stereocenters. The quantitative estimate of drug-likeness (QED) is 0.158. The van der Waals surface area contributed by atoms with Gasteiger partial charge in [-0.3, -0.25) is 0 Å². The van der Waals surface area contributed by atoms with Crippen molar-refractivity contribution in [1.82, 2.24) is 0 Å². The number of hydrogen-bond acceptors (Lipinski definition) is 0. The predicted octanol–water partition coefficient (Wildman–Crippen LogP) is 10.2. The molecule has 0 fully saturated rings. The van der Waals surface area contributed by atoms with Gasteiger partial charge in [-0.05, 0) is 6.42 Å². The number of rotatable bonds is 23. The van der Waals surface area contributed by atoms with Crippen LogP contribution in [0, 0.1) is 6.42 Å². The first kappa shape index (κ1) is 26.0. The van der Waals surface area contributed by atoms with Crippen molar-refractivity contribution in [3.63, 3.8) is 0 Å². The number of hydrogen-bond donors (Lipinski definition) is 0. The van der Waals surface area contributed by atoms with Crippen molar-refractivity contribution >= 4 is 0 Å². The van der Waals surface area contributed by atoms with Gasteiger partial charge < -0.3 is 0 Å². The summed E-state index contributed by atoms with van der Waals surface area (Å²) in [4.78, 5) is 0. The van der Waals surface area contributed by atoms with Crippen LogP contribution in [-0.2, 0) is 0 Å². The fourth-order valence-corrected chi connectivity index (χ4v) is 3.87. The van der Waals surface area contributed by atoms with Gasteiger partial charge in [0.25, 0.3) is 0 Å². The zero-order valence-corrected chi connectivity index (χ0v) is 18.8. The molecule has 0 bridgehead atoms. The Hall–Kier alpha value is 0. The largest absolute Gasteiger partial charge is 0.0654 e. The fourth-order valence-electron chi connectivity index (χ4n) is 3.87. The first-order valence-corrected chi connectivity index (χ1v) is 12.7. The van der Waals surface area contributed by atoms with Crippen molar-refractivity contribution in [3.05, 3.63) is 6.42 Å². The fraction of sp³-hybridized carbons (Fsp3) is 0.962. The lowest BCUT2D eigenvalue weighted by atomic mass is 10.0. The molecule has 0 aromatic heterocycles. The minimum atomic E-state index is 1.37. The van der Waals surface area contributed by atoms with Crippen molar-refractivity contribution < 1.29 is 0 Å². The summed E-state index contributed by atoms with van der Waals surface area (Å²) in [7, 11) is 0. The average molecular weight is 366 g/mol. The Morgan fingerprint density at radius 1 is 0.308 bits per heavy atom. The van der Waals surface area contributed by atoms with Gasteiger partial charge in [-0.2, -0.15) is 0 Å². The van der Waals surface area contributed by atoms with E-state index < -0.39 is 0 Å². The third kappa shape index (κ3) is 24.0. The zero-order chi connectivity index (χ0) is 19.0. The van der Waals surface area contributed by atoms with Gasteiger partial charge in [0.05, 0.1) is 0 Å². The maximum atomic E-state index is 2.56. The van der Waals surface area contributed by atoms with Gasteiger partial charge in [0.1, 0.15) is 0 Å². The van der Waals surface area contributed by atoms with Gasteiger partial charge in [0, 0.05) is 0 Å². The molecule has 1 radical (unpaired) electrons. The minimum Gasteiger partial charge on any atom is -0.0654 e. The first-order chi connectivity index (χ1) is 12.9. The average Bonchev–Trinajstić information content (AvgIpc) is 2.66. The van der Waals surface area contributed by atoms with Crippen molar-refractivity contribution in [1.29, 1.82) is 0 Å². The molecule has 157 valence electrons. The third-order valence-electron chi connectivity index (χ3n) is 5.77. The Morgan fingerprint density at radius 3 is 0.808 bits per heavy atom. The molecule has 0 aromatic rings. The van der Waals surface area contributed by atoms with Gasteiger partial charge in [-0.1, -0.05) is 162 Å². The normalized spacial score (nSPS) is 11.3. The maximum absolute atomic E-state index is 2.56.